The summed E-state index contributed by atoms with van der Waals surface area (Å²) in [6.07, 6.45) is 4.70. The summed E-state index contributed by atoms with van der Waals surface area (Å²) in [5, 5.41) is 0. The molecule has 0 fully saturated rings. The maximum atomic E-state index is 3.76. The Hall–Kier alpha value is -0.160. The zero-order valence-electron chi connectivity index (χ0n) is 15.6. The largest absolute Gasteiger partial charge is 0.0646 e. The molecule has 0 saturated heterocycles. The van der Waals surface area contributed by atoms with Crippen molar-refractivity contribution in [3.63, 3.8) is 0 Å². The van der Waals surface area contributed by atoms with Crippen molar-refractivity contribution in [1.29, 1.82) is 0 Å². The van der Waals surface area contributed by atoms with Crippen molar-refractivity contribution in [3.05, 3.63) is 75.6 Å². The highest BCUT2D eigenvalue weighted by Gasteiger charge is 2.45. The van der Waals surface area contributed by atoms with E-state index in [2.05, 4.69) is 128 Å². The Balaban J connectivity index is 1.88. The van der Waals surface area contributed by atoms with Crippen molar-refractivity contribution in [2.45, 2.75) is 39.5 Å². The predicted octanol–water partition coefficient (Wildman–Crippen LogP) is 9.46. The van der Waals surface area contributed by atoms with Gasteiger partial charge in [0, 0.05) is 29.7 Å². The average molecular weight is 616 g/mol. The van der Waals surface area contributed by atoms with Gasteiger partial charge in [-0.3, -0.25) is 0 Å². The molecule has 4 heteroatoms. The first-order valence-corrected chi connectivity index (χ1v) is 12.1. The van der Waals surface area contributed by atoms with Crippen LogP contribution in [0, 0.1) is 5.41 Å². The van der Waals surface area contributed by atoms with E-state index >= 15 is 0 Å². The second kappa shape index (κ2) is 6.97. The Labute approximate surface area is 195 Å². The molecule has 27 heavy (non-hydrogen) atoms. The van der Waals surface area contributed by atoms with Gasteiger partial charge in [-0.15, -0.1) is 0 Å². The second-order valence-electron chi connectivity index (χ2n) is 8.25. The van der Waals surface area contributed by atoms with Gasteiger partial charge in [0.25, 0.3) is 0 Å². The van der Waals surface area contributed by atoms with Crippen molar-refractivity contribution < 1.29 is 0 Å². The van der Waals surface area contributed by atoms with Gasteiger partial charge in [0.1, 0.15) is 0 Å². The lowest BCUT2D eigenvalue weighted by atomic mass is 9.63. The molecule has 0 heterocycles. The topological polar surface area (TPSA) is 0 Å². The number of fused-ring (bicyclic) bond motifs is 2. The summed E-state index contributed by atoms with van der Waals surface area (Å²) in [7, 11) is 0. The lowest BCUT2D eigenvalue weighted by molar-refractivity contribution is 0.274. The lowest BCUT2D eigenvalue weighted by Gasteiger charge is -2.41. The zero-order valence-corrected chi connectivity index (χ0v) is 22.0. The molecule has 140 valence electrons. The third-order valence-electron chi connectivity index (χ3n) is 6.02. The van der Waals surface area contributed by atoms with Crippen molar-refractivity contribution in [3.8, 4) is 0 Å². The molecule has 4 rings (SSSR count). The standard InChI is InChI=1S/C23H20Br4/c1-11-5-15-17(7-13(24)9-19(15)26)21(11)23(3,4)22-12(2)6-16-18(22)8-14(25)10-20(16)27/h5-10,21-22H,1-4H3. The molecule has 2 atom stereocenters. The van der Waals surface area contributed by atoms with Crippen LogP contribution in [0.5, 0.6) is 0 Å². The van der Waals surface area contributed by atoms with Crippen LogP contribution in [0.1, 0.15) is 61.8 Å². The number of hydrogen-bond acceptors (Lipinski definition) is 0. The third-order valence-corrected chi connectivity index (χ3v) is 8.25. The molecule has 2 aliphatic carbocycles. The van der Waals surface area contributed by atoms with E-state index in [9.17, 15) is 0 Å². The molecular weight excluding hydrogens is 596 g/mol. The quantitative estimate of drug-likeness (QED) is 0.316. The van der Waals surface area contributed by atoms with Crippen molar-refractivity contribution in [2.75, 3.05) is 0 Å². The first-order valence-electron chi connectivity index (χ1n) is 8.95. The SMILES string of the molecule is CC1=Cc2c(Br)cc(Br)cc2C1C(C)(C)C1C(C)=Cc2c(Br)cc(Br)cc21. The van der Waals surface area contributed by atoms with E-state index in [1.165, 1.54) is 33.4 Å². The van der Waals surface area contributed by atoms with E-state index in [1.54, 1.807) is 0 Å². The molecule has 0 aliphatic heterocycles. The highest BCUT2D eigenvalue weighted by atomic mass is 79.9. The van der Waals surface area contributed by atoms with Gasteiger partial charge in [0.15, 0.2) is 0 Å². The second-order valence-corrected chi connectivity index (χ2v) is 11.8. The summed E-state index contributed by atoms with van der Waals surface area (Å²) in [5.74, 6) is 0.747. The van der Waals surface area contributed by atoms with Crippen LogP contribution >= 0.6 is 63.7 Å². The Kier molecular flexibility index (Phi) is 5.19. The van der Waals surface area contributed by atoms with Gasteiger partial charge in [-0.2, -0.15) is 0 Å². The maximum Gasteiger partial charge on any atom is 0.0261 e. The minimum absolute atomic E-state index is 0.0398. The van der Waals surface area contributed by atoms with E-state index in [1.807, 2.05) is 0 Å². The Morgan fingerprint density at radius 1 is 0.667 bits per heavy atom. The average Bonchev–Trinajstić information content (AvgIpc) is 3.04. The van der Waals surface area contributed by atoms with Crippen LogP contribution in [-0.2, 0) is 0 Å². The molecule has 2 aromatic rings. The molecule has 0 saturated carbocycles. The minimum Gasteiger partial charge on any atom is -0.0646 e. The molecule has 0 N–H and O–H groups in total. The van der Waals surface area contributed by atoms with Crippen LogP contribution in [0.25, 0.3) is 12.2 Å². The van der Waals surface area contributed by atoms with Crippen LogP contribution in [0.4, 0.5) is 0 Å². The first-order chi connectivity index (χ1) is 12.6. The summed E-state index contributed by atoms with van der Waals surface area (Å²) in [4.78, 5) is 0. The van der Waals surface area contributed by atoms with Crippen molar-refractivity contribution in [1.82, 2.24) is 0 Å². The number of benzene rings is 2. The maximum absolute atomic E-state index is 3.76. The summed E-state index contributed by atoms with van der Waals surface area (Å²) in [5.41, 5.74) is 8.38. The van der Waals surface area contributed by atoms with E-state index in [4.69, 9.17) is 0 Å². The fourth-order valence-electron chi connectivity index (χ4n) is 5.25. The summed E-state index contributed by atoms with van der Waals surface area (Å²) < 4.78 is 4.58. The van der Waals surface area contributed by atoms with Crippen LogP contribution in [0.2, 0.25) is 0 Å². The summed E-state index contributed by atoms with van der Waals surface area (Å²) >= 11 is 14.9. The molecule has 0 aromatic heterocycles. The molecular formula is C23H20Br4. The molecule has 0 spiro atoms. The van der Waals surface area contributed by atoms with Crippen LogP contribution in [-0.4, -0.2) is 0 Å². The highest BCUT2D eigenvalue weighted by Crippen LogP contribution is 2.59. The predicted molar refractivity (Wildman–Crippen MR) is 130 cm³/mol. The van der Waals surface area contributed by atoms with Crippen molar-refractivity contribution >= 4 is 75.9 Å². The highest BCUT2D eigenvalue weighted by molar-refractivity contribution is 9.11. The molecule has 0 nitrogen and oxygen atoms in total. The number of allylic oxidation sites excluding steroid dienone is 2. The van der Waals surface area contributed by atoms with Gasteiger partial charge >= 0.3 is 0 Å². The fourth-order valence-corrected chi connectivity index (χ4v) is 7.99. The molecule has 2 unspecified atom stereocenters. The number of hydrogen-bond donors (Lipinski definition) is 0. The van der Waals surface area contributed by atoms with E-state index in [-0.39, 0.29) is 5.41 Å². The Morgan fingerprint density at radius 2 is 1.04 bits per heavy atom. The van der Waals surface area contributed by atoms with Gasteiger partial charge in [0.05, 0.1) is 0 Å². The monoisotopic (exact) mass is 612 g/mol. The minimum atomic E-state index is 0.0398. The fraction of sp³-hybridized carbons (Fsp3) is 0.304. The van der Waals surface area contributed by atoms with Crippen molar-refractivity contribution in [2.24, 2.45) is 5.41 Å². The van der Waals surface area contributed by atoms with Gasteiger partial charge in [-0.25, -0.2) is 0 Å². The number of halogens is 4. The molecule has 2 aromatic carbocycles. The smallest absolute Gasteiger partial charge is 0.0261 e. The Bertz CT molecular complexity index is 946. The molecule has 2 aliphatic rings. The summed E-state index contributed by atoms with van der Waals surface area (Å²) in [6.45, 7) is 9.40. The Morgan fingerprint density at radius 3 is 1.41 bits per heavy atom. The number of rotatable bonds is 2. The first kappa shape index (κ1) is 20.1. The van der Waals surface area contributed by atoms with Gasteiger partial charge < -0.3 is 0 Å². The normalized spacial score (nSPS) is 21.0. The van der Waals surface area contributed by atoms with E-state index in [0.29, 0.717) is 11.8 Å². The molecule has 0 bridgehead atoms. The van der Waals surface area contributed by atoms with Gasteiger partial charge in [-0.1, -0.05) is 101 Å². The van der Waals surface area contributed by atoms with Gasteiger partial charge in [0.2, 0.25) is 0 Å². The summed E-state index contributed by atoms with van der Waals surface area (Å²) in [6, 6.07) is 8.88. The van der Waals surface area contributed by atoms with E-state index < -0.39 is 0 Å². The van der Waals surface area contributed by atoms with Gasteiger partial charge in [-0.05, 0) is 65.8 Å². The van der Waals surface area contributed by atoms with Crippen LogP contribution in [0.3, 0.4) is 0 Å². The van der Waals surface area contributed by atoms with Crippen LogP contribution < -0.4 is 0 Å². The zero-order chi connectivity index (χ0) is 19.7. The lowest BCUT2D eigenvalue weighted by Crippen LogP contribution is -2.29. The third kappa shape index (κ3) is 3.19. The molecule has 0 amide bonds. The van der Waals surface area contributed by atoms with Crippen LogP contribution in [0.15, 0.2) is 53.3 Å². The molecule has 0 radical (unpaired) electrons. The van der Waals surface area contributed by atoms with E-state index in [0.717, 1.165) is 17.9 Å².